The third-order valence-corrected chi connectivity index (χ3v) is 3.19. The van der Waals surface area contributed by atoms with Crippen LogP contribution in [0.3, 0.4) is 0 Å². The molecule has 1 aromatic carbocycles. The van der Waals surface area contributed by atoms with Gasteiger partial charge in [-0.25, -0.2) is 4.39 Å². The zero-order valence-corrected chi connectivity index (χ0v) is 9.33. The van der Waals surface area contributed by atoms with E-state index < -0.39 is 0 Å². The SMILES string of the molecule is Cn1cc(CNC2CC2)c2cccc(F)c21. The van der Waals surface area contributed by atoms with Crippen LogP contribution < -0.4 is 5.32 Å². The van der Waals surface area contributed by atoms with Crippen LogP contribution >= 0.6 is 0 Å². The predicted octanol–water partition coefficient (Wildman–Crippen LogP) is 2.57. The van der Waals surface area contributed by atoms with E-state index in [1.165, 1.54) is 24.5 Å². The minimum Gasteiger partial charge on any atom is -0.348 e. The Morgan fingerprint density at radius 3 is 3.00 bits per heavy atom. The molecule has 16 heavy (non-hydrogen) atoms. The first-order chi connectivity index (χ1) is 7.75. The first-order valence-corrected chi connectivity index (χ1v) is 5.71. The van der Waals surface area contributed by atoms with Crippen LogP contribution in [0.4, 0.5) is 4.39 Å². The molecule has 84 valence electrons. The van der Waals surface area contributed by atoms with Crippen molar-refractivity contribution >= 4 is 10.9 Å². The topological polar surface area (TPSA) is 17.0 Å². The molecule has 1 aromatic heterocycles. The van der Waals surface area contributed by atoms with Gasteiger partial charge < -0.3 is 9.88 Å². The summed E-state index contributed by atoms with van der Waals surface area (Å²) >= 11 is 0. The molecule has 1 saturated carbocycles. The Kier molecular flexibility index (Phi) is 2.21. The second-order valence-corrected chi connectivity index (χ2v) is 4.56. The van der Waals surface area contributed by atoms with E-state index in [1.807, 2.05) is 23.9 Å². The van der Waals surface area contributed by atoms with Crippen molar-refractivity contribution in [3.8, 4) is 0 Å². The summed E-state index contributed by atoms with van der Waals surface area (Å²) in [6.07, 6.45) is 4.57. The number of aryl methyl sites for hydroxylation is 1. The largest absolute Gasteiger partial charge is 0.348 e. The molecule has 0 amide bonds. The van der Waals surface area contributed by atoms with E-state index in [0.29, 0.717) is 11.6 Å². The lowest BCUT2D eigenvalue weighted by molar-refractivity contribution is 0.632. The molecule has 2 aromatic rings. The second kappa shape index (κ2) is 3.59. The number of fused-ring (bicyclic) bond motifs is 1. The third-order valence-electron chi connectivity index (χ3n) is 3.19. The molecule has 1 aliphatic carbocycles. The molecule has 1 N–H and O–H groups in total. The van der Waals surface area contributed by atoms with Gasteiger partial charge in [-0.1, -0.05) is 12.1 Å². The highest BCUT2D eigenvalue weighted by Crippen LogP contribution is 2.25. The molecule has 2 nitrogen and oxygen atoms in total. The molecule has 0 bridgehead atoms. The summed E-state index contributed by atoms with van der Waals surface area (Å²) in [6, 6.07) is 5.96. The zero-order chi connectivity index (χ0) is 11.1. The molecular weight excluding hydrogens is 203 g/mol. The lowest BCUT2D eigenvalue weighted by Gasteiger charge is -2.00. The maximum Gasteiger partial charge on any atom is 0.147 e. The van der Waals surface area contributed by atoms with Gasteiger partial charge in [0.05, 0.1) is 5.52 Å². The number of hydrogen-bond acceptors (Lipinski definition) is 1. The Labute approximate surface area is 94.1 Å². The number of para-hydroxylation sites is 1. The van der Waals surface area contributed by atoms with Crippen molar-refractivity contribution < 1.29 is 4.39 Å². The first-order valence-electron chi connectivity index (χ1n) is 5.71. The van der Waals surface area contributed by atoms with Crippen molar-refractivity contribution in [2.45, 2.75) is 25.4 Å². The maximum atomic E-state index is 13.6. The van der Waals surface area contributed by atoms with Crippen molar-refractivity contribution in [2.75, 3.05) is 0 Å². The molecule has 1 fully saturated rings. The molecule has 1 heterocycles. The fourth-order valence-electron chi connectivity index (χ4n) is 2.18. The quantitative estimate of drug-likeness (QED) is 0.837. The molecular formula is C13H15FN2. The van der Waals surface area contributed by atoms with Gasteiger partial charge in [0.25, 0.3) is 0 Å². The fraction of sp³-hybridized carbons (Fsp3) is 0.385. The van der Waals surface area contributed by atoms with Crippen LogP contribution in [0.2, 0.25) is 0 Å². The summed E-state index contributed by atoms with van der Waals surface area (Å²) < 4.78 is 15.5. The van der Waals surface area contributed by atoms with Gasteiger partial charge in [-0.05, 0) is 24.5 Å². The summed E-state index contributed by atoms with van der Waals surface area (Å²) in [4.78, 5) is 0. The summed E-state index contributed by atoms with van der Waals surface area (Å²) in [5.41, 5.74) is 1.89. The fourth-order valence-corrected chi connectivity index (χ4v) is 2.18. The number of nitrogens with one attached hydrogen (secondary N) is 1. The van der Waals surface area contributed by atoms with Crippen LogP contribution in [-0.2, 0) is 13.6 Å². The van der Waals surface area contributed by atoms with Gasteiger partial charge in [-0.2, -0.15) is 0 Å². The normalized spacial score (nSPS) is 15.9. The molecule has 0 aliphatic heterocycles. The number of hydrogen-bond donors (Lipinski definition) is 1. The van der Waals surface area contributed by atoms with E-state index in [4.69, 9.17) is 0 Å². The lowest BCUT2D eigenvalue weighted by atomic mass is 10.1. The Balaban J connectivity index is 2.00. The van der Waals surface area contributed by atoms with Gasteiger partial charge in [0.15, 0.2) is 0 Å². The van der Waals surface area contributed by atoms with Gasteiger partial charge in [0.2, 0.25) is 0 Å². The lowest BCUT2D eigenvalue weighted by Crippen LogP contribution is -2.14. The minimum absolute atomic E-state index is 0.141. The summed E-state index contributed by atoms with van der Waals surface area (Å²) in [5, 5.41) is 4.49. The van der Waals surface area contributed by atoms with Gasteiger partial charge in [0, 0.05) is 31.2 Å². The highest BCUT2D eigenvalue weighted by molar-refractivity contribution is 5.84. The molecule has 0 spiro atoms. The summed E-state index contributed by atoms with van der Waals surface area (Å²) in [5.74, 6) is -0.141. The molecule has 3 heteroatoms. The number of nitrogens with zero attached hydrogens (tertiary/aromatic N) is 1. The standard InChI is InChI=1S/C13H15FN2/c1-16-8-9(7-15-10-5-6-10)11-3-2-4-12(14)13(11)16/h2-4,8,10,15H,5-7H2,1H3. The van der Waals surface area contributed by atoms with Crippen molar-refractivity contribution in [1.82, 2.24) is 9.88 Å². The number of rotatable bonds is 3. The maximum absolute atomic E-state index is 13.6. The average molecular weight is 218 g/mol. The number of halogens is 1. The predicted molar refractivity (Wildman–Crippen MR) is 62.7 cm³/mol. The average Bonchev–Trinajstić information content (AvgIpc) is 3.02. The van der Waals surface area contributed by atoms with E-state index in [9.17, 15) is 4.39 Å². The highest BCUT2D eigenvalue weighted by Gasteiger charge is 2.20. The number of aromatic nitrogens is 1. The van der Waals surface area contributed by atoms with Crippen LogP contribution in [0.15, 0.2) is 24.4 Å². The van der Waals surface area contributed by atoms with E-state index in [0.717, 1.165) is 11.9 Å². The zero-order valence-electron chi connectivity index (χ0n) is 9.33. The first kappa shape index (κ1) is 9.85. The third kappa shape index (κ3) is 1.61. The summed E-state index contributed by atoms with van der Waals surface area (Å²) in [7, 11) is 1.89. The highest BCUT2D eigenvalue weighted by atomic mass is 19.1. The van der Waals surface area contributed by atoms with Crippen molar-refractivity contribution in [2.24, 2.45) is 7.05 Å². The Bertz CT molecular complexity index is 526. The van der Waals surface area contributed by atoms with Crippen molar-refractivity contribution in [3.05, 3.63) is 35.8 Å². The van der Waals surface area contributed by atoms with Crippen LogP contribution in [0.5, 0.6) is 0 Å². The van der Waals surface area contributed by atoms with Gasteiger partial charge >= 0.3 is 0 Å². The minimum atomic E-state index is -0.141. The van der Waals surface area contributed by atoms with Gasteiger partial charge in [-0.3, -0.25) is 0 Å². The van der Waals surface area contributed by atoms with Crippen LogP contribution in [0, 0.1) is 5.82 Å². The van der Waals surface area contributed by atoms with Crippen LogP contribution in [-0.4, -0.2) is 10.6 Å². The Hall–Kier alpha value is -1.35. The molecule has 1 aliphatic rings. The summed E-state index contributed by atoms with van der Waals surface area (Å²) in [6.45, 7) is 0.839. The Morgan fingerprint density at radius 1 is 1.44 bits per heavy atom. The monoisotopic (exact) mass is 218 g/mol. The number of benzene rings is 1. The molecule has 0 unspecified atom stereocenters. The Morgan fingerprint density at radius 2 is 2.25 bits per heavy atom. The van der Waals surface area contributed by atoms with Gasteiger partial charge in [-0.15, -0.1) is 0 Å². The molecule has 0 radical (unpaired) electrons. The van der Waals surface area contributed by atoms with E-state index >= 15 is 0 Å². The molecule has 0 atom stereocenters. The van der Waals surface area contributed by atoms with Crippen molar-refractivity contribution in [3.63, 3.8) is 0 Å². The van der Waals surface area contributed by atoms with Crippen LogP contribution in [0.25, 0.3) is 10.9 Å². The second-order valence-electron chi connectivity index (χ2n) is 4.56. The smallest absolute Gasteiger partial charge is 0.147 e. The van der Waals surface area contributed by atoms with E-state index in [1.54, 1.807) is 6.07 Å². The molecule has 0 saturated heterocycles. The molecule has 3 rings (SSSR count). The van der Waals surface area contributed by atoms with Crippen LogP contribution in [0.1, 0.15) is 18.4 Å². The van der Waals surface area contributed by atoms with Gasteiger partial charge in [0.1, 0.15) is 5.82 Å². The van der Waals surface area contributed by atoms with E-state index in [2.05, 4.69) is 5.32 Å². The van der Waals surface area contributed by atoms with Crippen molar-refractivity contribution in [1.29, 1.82) is 0 Å². The van der Waals surface area contributed by atoms with E-state index in [-0.39, 0.29) is 5.82 Å².